The van der Waals surface area contributed by atoms with Crippen molar-refractivity contribution in [3.05, 3.63) is 29.6 Å². The molecule has 4 nitrogen and oxygen atoms in total. The Morgan fingerprint density at radius 2 is 2.19 bits per heavy atom. The maximum absolute atomic E-state index is 4.29. The minimum absolute atomic E-state index is 0.463. The third-order valence-electron chi connectivity index (χ3n) is 3.67. The predicted octanol–water partition coefficient (Wildman–Crippen LogP) is 3.07. The first-order valence-electron chi connectivity index (χ1n) is 8.04. The molecule has 1 aromatic rings. The van der Waals surface area contributed by atoms with Crippen LogP contribution in [-0.4, -0.2) is 30.6 Å². The third-order valence-corrected chi connectivity index (χ3v) is 3.67. The van der Waals surface area contributed by atoms with E-state index in [0.29, 0.717) is 6.04 Å². The van der Waals surface area contributed by atoms with Gasteiger partial charge in [-0.3, -0.25) is 9.98 Å². The van der Waals surface area contributed by atoms with Gasteiger partial charge < -0.3 is 10.6 Å². The highest BCUT2D eigenvalue weighted by atomic mass is 15.2. The first-order chi connectivity index (χ1) is 10.2. The molecule has 0 aliphatic rings. The lowest BCUT2D eigenvalue weighted by Gasteiger charge is -2.18. The monoisotopic (exact) mass is 290 g/mol. The van der Waals surface area contributed by atoms with Crippen LogP contribution in [0.4, 0.5) is 0 Å². The van der Waals surface area contributed by atoms with Gasteiger partial charge in [0.05, 0.1) is 0 Å². The normalized spacial score (nSPS) is 13.0. The molecule has 1 unspecified atom stereocenters. The van der Waals surface area contributed by atoms with E-state index in [0.717, 1.165) is 18.9 Å². The summed E-state index contributed by atoms with van der Waals surface area (Å²) in [5.41, 5.74) is 2.58. The van der Waals surface area contributed by atoms with Crippen molar-refractivity contribution in [1.82, 2.24) is 15.6 Å². The summed E-state index contributed by atoms with van der Waals surface area (Å²) in [6, 6.07) is 2.55. The van der Waals surface area contributed by atoms with Gasteiger partial charge in [-0.05, 0) is 43.9 Å². The van der Waals surface area contributed by atoms with Crippen LogP contribution < -0.4 is 10.6 Å². The van der Waals surface area contributed by atoms with Crippen molar-refractivity contribution in [2.45, 2.75) is 58.9 Å². The van der Waals surface area contributed by atoms with Gasteiger partial charge in [-0.2, -0.15) is 0 Å². The summed E-state index contributed by atoms with van der Waals surface area (Å²) in [4.78, 5) is 8.41. The molecular formula is C17H30N4. The summed E-state index contributed by atoms with van der Waals surface area (Å²) in [5.74, 6) is 0.894. The fourth-order valence-electron chi connectivity index (χ4n) is 2.30. The Balaban J connectivity index is 2.30. The van der Waals surface area contributed by atoms with Crippen LogP contribution in [0, 0.1) is 6.92 Å². The molecule has 4 heteroatoms. The maximum atomic E-state index is 4.29. The number of pyridine rings is 1. The molecule has 1 atom stereocenters. The van der Waals surface area contributed by atoms with Crippen LogP contribution in [0.2, 0.25) is 0 Å². The highest BCUT2D eigenvalue weighted by Crippen LogP contribution is 2.05. The number of nitrogens with zero attached hydrogens (tertiary/aromatic N) is 2. The van der Waals surface area contributed by atoms with Gasteiger partial charge in [0.1, 0.15) is 0 Å². The van der Waals surface area contributed by atoms with Crippen molar-refractivity contribution in [3.63, 3.8) is 0 Å². The quantitative estimate of drug-likeness (QED) is 0.439. The number of guanidine groups is 1. The van der Waals surface area contributed by atoms with Gasteiger partial charge in [0.15, 0.2) is 5.96 Å². The van der Waals surface area contributed by atoms with Gasteiger partial charge in [0.2, 0.25) is 0 Å². The smallest absolute Gasteiger partial charge is 0.191 e. The molecule has 0 saturated carbocycles. The van der Waals surface area contributed by atoms with Gasteiger partial charge in [-0.1, -0.05) is 26.2 Å². The molecule has 0 aliphatic heterocycles. The van der Waals surface area contributed by atoms with E-state index in [1.54, 1.807) is 0 Å². The highest BCUT2D eigenvalue weighted by Gasteiger charge is 2.05. The van der Waals surface area contributed by atoms with Crippen molar-refractivity contribution in [3.8, 4) is 0 Å². The van der Waals surface area contributed by atoms with E-state index in [4.69, 9.17) is 0 Å². The van der Waals surface area contributed by atoms with Crippen LogP contribution in [0.1, 0.15) is 50.7 Å². The fourth-order valence-corrected chi connectivity index (χ4v) is 2.30. The van der Waals surface area contributed by atoms with E-state index in [1.165, 1.54) is 36.8 Å². The summed E-state index contributed by atoms with van der Waals surface area (Å²) in [5, 5.41) is 6.84. The molecular weight excluding hydrogens is 260 g/mol. The van der Waals surface area contributed by atoms with Crippen molar-refractivity contribution in [2.75, 3.05) is 13.6 Å². The zero-order chi connectivity index (χ0) is 15.5. The molecule has 1 rings (SSSR count). The molecule has 1 aromatic heterocycles. The second-order valence-corrected chi connectivity index (χ2v) is 5.59. The van der Waals surface area contributed by atoms with Crippen LogP contribution in [0.25, 0.3) is 0 Å². The lowest BCUT2D eigenvalue weighted by Crippen LogP contribution is -2.42. The van der Waals surface area contributed by atoms with Crippen LogP contribution in [-0.2, 0) is 6.42 Å². The first kappa shape index (κ1) is 17.5. The number of aliphatic imine (C=N–C) groups is 1. The molecule has 2 N–H and O–H groups in total. The molecule has 0 aromatic carbocycles. The summed E-state index contributed by atoms with van der Waals surface area (Å²) in [6.45, 7) is 7.44. The standard InChI is InChI=1S/C17H30N4/c1-5-6-7-8-15(3)21-17(18-4)20-12-10-16-9-11-19-13-14(16)2/h9,11,13,15H,5-8,10,12H2,1-4H3,(H2,18,20,21). The summed E-state index contributed by atoms with van der Waals surface area (Å²) < 4.78 is 0. The fraction of sp³-hybridized carbons (Fsp3) is 0.647. The number of unbranched alkanes of at least 4 members (excludes halogenated alkanes) is 2. The van der Waals surface area contributed by atoms with Crippen LogP contribution in [0.3, 0.4) is 0 Å². The topological polar surface area (TPSA) is 49.3 Å². The molecule has 0 spiro atoms. The summed E-state index contributed by atoms with van der Waals surface area (Å²) in [7, 11) is 1.83. The Labute approximate surface area is 129 Å². The average molecular weight is 290 g/mol. The van der Waals surface area contributed by atoms with Gasteiger partial charge in [0, 0.05) is 32.0 Å². The SMILES string of the molecule is CCCCCC(C)NC(=NC)NCCc1ccncc1C. The van der Waals surface area contributed by atoms with Crippen molar-refractivity contribution >= 4 is 5.96 Å². The van der Waals surface area contributed by atoms with Crippen LogP contribution >= 0.6 is 0 Å². The molecule has 0 saturated heterocycles. The van der Waals surface area contributed by atoms with Gasteiger partial charge in [0.25, 0.3) is 0 Å². The Morgan fingerprint density at radius 3 is 2.86 bits per heavy atom. The van der Waals surface area contributed by atoms with Crippen LogP contribution in [0.15, 0.2) is 23.5 Å². The maximum Gasteiger partial charge on any atom is 0.191 e. The Bertz CT molecular complexity index is 429. The molecule has 1 heterocycles. The minimum atomic E-state index is 0.463. The molecule has 21 heavy (non-hydrogen) atoms. The molecule has 0 fully saturated rings. The summed E-state index contributed by atoms with van der Waals surface area (Å²) in [6.07, 6.45) is 9.79. The van der Waals surface area contributed by atoms with Gasteiger partial charge in [-0.25, -0.2) is 0 Å². The second kappa shape index (κ2) is 10.2. The molecule has 0 aliphatic carbocycles. The van der Waals surface area contributed by atoms with E-state index < -0.39 is 0 Å². The Kier molecular flexibility index (Phi) is 8.48. The second-order valence-electron chi connectivity index (χ2n) is 5.59. The highest BCUT2D eigenvalue weighted by molar-refractivity contribution is 5.79. The van der Waals surface area contributed by atoms with Crippen LogP contribution in [0.5, 0.6) is 0 Å². The minimum Gasteiger partial charge on any atom is -0.356 e. The lowest BCUT2D eigenvalue weighted by atomic mass is 10.1. The number of nitrogens with one attached hydrogen (secondary N) is 2. The van der Waals surface area contributed by atoms with E-state index in [9.17, 15) is 0 Å². The molecule has 0 amide bonds. The van der Waals surface area contributed by atoms with Gasteiger partial charge >= 0.3 is 0 Å². The number of rotatable bonds is 8. The third kappa shape index (κ3) is 7.11. The number of aryl methyl sites for hydroxylation is 1. The number of aromatic nitrogens is 1. The number of hydrogen-bond acceptors (Lipinski definition) is 2. The summed E-state index contributed by atoms with van der Waals surface area (Å²) >= 11 is 0. The average Bonchev–Trinajstić information content (AvgIpc) is 2.48. The lowest BCUT2D eigenvalue weighted by molar-refractivity contribution is 0.547. The largest absolute Gasteiger partial charge is 0.356 e. The van der Waals surface area contributed by atoms with E-state index in [1.807, 2.05) is 19.4 Å². The zero-order valence-electron chi connectivity index (χ0n) is 13.9. The zero-order valence-corrected chi connectivity index (χ0v) is 13.9. The van der Waals surface area contributed by atoms with Crippen molar-refractivity contribution in [1.29, 1.82) is 0 Å². The van der Waals surface area contributed by atoms with Crippen molar-refractivity contribution < 1.29 is 0 Å². The Hall–Kier alpha value is -1.58. The van der Waals surface area contributed by atoms with E-state index in [2.05, 4.69) is 47.4 Å². The number of hydrogen-bond donors (Lipinski definition) is 2. The molecule has 118 valence electrons. The predicted molar refractivity (Wildman–Crippen MR) is 90.8 cm³/mol. The molecule has 0 bridgehead atoms. The first-order valence-corrected chi connectivity index (χ1v) is 8.04. The van der Waals surface area contributed by atoms with Crippen molar-refractivity contribution in [2.24, 2.45) is 4.99 Å². The van der Waals surface area contributed by atoms with E-state index >= 15 is 0 Å². The van der Waals surface area contributed by atoms with E-state index in [-0.39, 0.29) is 0 Å². The van der Waals surface area contributed by atoms with Gasteiger partial charge in [-0.15, -0.1) is 0 Å². The molecule has 0 radical (unpaired) electrons. The Morgan fingerprint density at radius 1 is 1.38 bits per heavy atom.